The first-order valence-electron chi connectivity index (χ1n) is 7.27. The zero-order valence-corrected chi connectivity index (χ0v) is 13.4. The molecule has 6 heteroatoms. The Bertz CT molecular complexity index is 605. The Morgan fingerprint density at radius 3 is 2.30 bits per heavy atom. The molecular formula is C17H20N2O4. The third-order valence-electron chi connectivity index (χ3n) is 3.59. The standard InChI is InChI=1S/C17H20N2O4/c1-11(2)13(14(10-18)17(22)23-3)9-15(20)19-16(21)12-7-5-4-6-8-12/h4-8,11,13-14H,9H2,1-3H3,(H,19,20,21)/t13-,14?/m0/s1. The SMILES string of the molecule is COC(=O)C(C#N)[C@@H](CC(=O)NC(=O)c1ccccc1)C(C)C. The first kappa shape index (κ1) is 18.4. The maximum atomic E-state index is 12.1. The molecule has 1 aromatic carbocycles. The van der Waals surface area contributed by atoms with Crippen molar-refractivity contribution in [2.24, 2.45) is 17.8 Å². The van der Waals surface area contributed by atoms with Crippen molar-refractivity contribution in [1.29, 1.82) is 5.26 Å². The molecule has 0 aliphatic carbocycles. The zero-order chi connectivity index (χ0) is 17.4. The van der Waals surface area contributed by atoms with Gasteiger partial charge in [-0.2, -0.15) is 5.26 Å². The van der Waals surface area contributed by atoms with Crippen LogP contribution in [0.1, 0.15) is 30.6 Å². The quantitative estimate of drug-likeness (QED) is 0.809. The average Bonchev–Trinajstić information content (AvgIpc) is 2.54. The fourth-order valence-corrected chi connectivity index (χ4v) is 2.24. The van der Waals surface area contributed by atoms with Crippen LogP contribution in [0.25, 0.3) is 0 Å². The van der Waals surface area contributed by atoms with Crippen LogP contribution in [0.5, 0.6) is 0 Å². The Hall–Kier alpha value is -2.68. The molecule has 1 rings (SSSR count). The number of nitrogens with one attached hydrogen (secondary N) is 1. The van der Waals surface area contributed by atoms with Crippen LogP contribution in [0, 0.1) is 29.1 Å². The maximum absolute atomic E-state index is 12.1. The molecule has 0 aliphatic rings. The van der Waals surface area contributed by atoms with Crippen molar-refractivity contribution in [3.63, 3.8) is 0 Å². The van der Waals surface area contributed by atoms with Crippen molar-refractivity contribution in [2.45, 2.75) is 20.3 Å². The third-order valence-corrected chi connectivity index (χ3v) is 3.59. The van der Waals surface area contributed by atoms with Crippen molar-refractivity contribution < 1.29 is 19.1 Å². The van der Waals surface area contributed by atoms with Crippen molar-refractivity contribution in [1.82, 2.24) is 5.32 Å². The van der Waals surface area contributed by atoms with Gasteiger partial charge in [-0.1, -0.05) is 32.0 Å². The van der Waals surface area contributed by atoms with E-state index >= 15 is 0 Å². The molecule has 0 spiro atoms. The van der Waals surface area contributed by atoms with Crippen LogP contribution in [0.3, 0.4) is 0 Å². The molecule has 2 amide bonds. The topological polar surface area (TPSA) is 96.3 Å². The Kier molecular flexibility index (Phi) is 6.94. The van der Waals surface area contributed by atoms with Gasteiger partial charge in [-0.15, -0.1) is 0 Å². The fraction of sp³-hybridized carbons (Fsp3) is 0.412. The highest BCUT2D eigenvalue weighted by atomic mass is 16.5. The first-order valence-corrected chi connectivity index (χ1v) is 7.27. The van der Waals surface area contributed by atoms with Gasteiger partial charge in [0.05, 0.1) is 13.2 Å². The van der Waals surface area contributed by atoms with Gasteiger partial charge in [-0.3, -0.25) is 19.7 Å². The number of nitriles is 1. The summed E-state index contributed by atoms with van der Waals surface area (Å²) < 4.78 is 4.61. The summed E-state index contributed by atoms with van der Waals surface area (Å²) in [6.45, 7) is 3.62. The molecule has 0 radical (unpaired) electrons. The second-order valence-corrected chi connectivity index (χ2v) is 5.49. The smallest absolute Gasteiger partial charge is 0.323 e. The van der Waals surface area contributed by atoms with E-state index in [1.807, 2.05) is 19.9 Å². The minimum Gasteiger partial charge on any atom is -0.468 e. The van der Waals surface area contributed by atoms with Gasteiger partial charge in [-0.25, -0.2) is 0 Å². The van der Waals surface area contributed by atoms with Crippen LogP contribution >= 0.6 is 0 Å². The van der Waals surface area contributed by atoms with E-state index in [0.717, 1.165) is 0 Å². The van der Waals surface area contributed by atoms with E-state index in [9.17, 15) is 19.6 Å². The van der Waals surface area contributed by atoms with Gasteiger partial charge in [0, 0.05) is 12.0 Å². The van der Waals surface area contributed by atoms with Crippen LogP contribution in [0.15, 0.2) is 30.3 Å². The number of rotatable bonds is 6. The predicted molar refractivity (Wildman–Crippen MR) is 83.0 cm³/mol. The number of amides is 2. The summed E-state index contributed by atoms with van der Waals surface area (Å²) in [5, 5.41) is 11.4. The van der Waals surface area contributed by atoms with E-state index in [2.05, 4.69) is 10.1 Å². The molecule has 0 aliphatic heterocycles. The molecule has 1 aromatic rings. The molecule has 23 heavy (non-hydrogen) atoms. The molecule has 0 bridgehead atoms. The molecule has 0 saturated carbocycles. The number of carbonyl (C=O) groups excluding carboxylic acids is 3. The number of hydrogen-bond donors (Lipinski definition) is 1. The van der Waals surface area contributed by atoms with Gasteiger partial charge in [0.1, 0.15) is 5.92 Å². The van der Waals surface area contributed by atoms with Gasteiger partial charge < -0.3 is 4.74 Å². The molecule has 1 unspecified atom stereocenters. The summed E-state index contributed by atoms with van der Waals surface area (Å²) in [6, 6.07) is 10.2. The number of esters is 1. The molecule has 0 fully saturated rings. The molecule has 0 heterocycles. The largest absolute Gasteiger partial charge is 0.468 e. The number of carbonyl (C=O) groups is 3. The average molecular weight is 316 g/mol. The van der Waals surface area contributed by atoms with Gasteiger partial charge in [0.2, 0.25) is 5.91 Å². The molecule has 0 saturated heterocycles. The molecule has 6 nitrogen and oxygen atoms in total. The van der Waals surface area contributed by atoms with Crippen molar-refractivity contribution in [2.75, 3.05) is 7.11 Å². The second-order valence-electron chi connectivity index (χ2n) is 5.49. The minimum absolute atomic E-state index is 0.101. The Labute approximate surface area is 135 Å². The summed E-state index contributed by atoms with van der Waals surface area (Å²) in [6.07, 6.45) is -0.108. The van der Waals surface area contributed by atoms with Crippen molar-refractivity contribution in [3.8, 4) is 6.07 Å². The van der Waals surface area contributed by atoms with Gasteiger partial charge in [-0.05, 0) is 24.0 Å². The predicted octanol–water partition coefficient (Wildman–Crippen LogP) is 1.92. The first-order chi connectivity index (χ1) is 10.9. The van der Waals surface area contributed by atoms with Crippen LogP contribution in [-0.4, -0.2) is 24.9 Å². The van der Waals surface area contributed by atoms with E-state index < -0.39 is 29.6 Å². The molecule has 2 atom stereocenters. The maximum Gasteiger partial charge on any atom is 0.323 e. The van der Waals surface area contributed by atoms with Gasteiger partial charge >= 0.3 is 5.97 Å². The van der Waals surface area contributed by atoms with E-state index in [4.69, 9.17) is 0 Å². The number of nitrogens with zero attached hydrogens (tertiary/aromatic N) is 1. The normalized spacial score (nSPS) is 12.8. The molecule has 0 aromatic heterocycles. The number of hydrogen-bond acceptors (Lipinski definition) is 5. The third kappa shape index (κ3) is 5.22. The lowest BCUT2D eigenvalue weighted by atomic mass is 9.81. The highest BCUT2D eigenvalue weighted by Gasteiger charge is 2.33. The summed E-state index contributed by atoms with van der Waals surface area (Å²) in [5.41, 5.74) is 0.367. The Balaban J connectivity index is 2.77. The minimum atomic E-state index is -1.04. The van der Waals surface area contributed by atoms with Crippen LogP contribution in [0.2, 0.25) is 0 Å². The number of ether oxygens (including phenoxy) is 1. The van der Waals surface area contributed by atoms with E-state index in [-0.39, 0.29) is 12.3 Å². The summed E-state index contributed by atoms with van der Waals surface area (Å²) in [5.74, 6) is -3.38. The van der Waals surface area contributed by atoms with Crippen LogP contribution in [0.4, 0.5) is 0 Å². The number of methoxy groups -OCH3 is 1. The highest BCUT2D eigenvalue weighted by molar-refractivity contribution is 6.04. The number of benzene rings is 1. The summed E-state index contributed by atoms with van der Waals surface area (Å²) in [4.78, 5) is 35.7. The summed E-state index contributed by atoms with van der Waals surface area (Å²) in [7, 11) is 1.20. The van der Waals surface area contributed by atoms with Crippen LogP contribution in [-0.2, 0) is 14.3 Å². The molecule has 122 valence electrons. The van der Waals surface area contributed by atoms with E-state index in [0.29, 0.717) is 5.56 Å². The van der Waals surface area contributed by atoms with E-state index in [1.54, 1.807) is 30.3 Å². The monoisotopic (exact) mass is 316 g/mol. The lowest BCUT2D eigenvalue weighted by Crippen LogP contribution is -2.36. The second kappa shape index (κ2) is 8.69. The van der Waals surface area contributed by atoms with Crippen molar-refractivity contribution >= 4 is 17.8 Å². The zero-order valence-electron chi connectivity index (χ0n) is 13.4. The van der Waals surface area contributed by atoms with Gasteiger partial charge in [0.15, 0.2) is 0 Å². The van der Waals surface area contributed by atoms with Crippen LogP contribution < -0.4 is 5.32 Å². The van der Waals surface area contributed by atoms with Crippen molar-refractivity contribution in [3.05, 3.63) is 35.9 Å². The molecular weight excluding hydrogens is 296 g/mol. The summed E-state index contributed by atoms with van der Waals surface area (Å²) >= 11 is 0. The Morgan fingerprint density at radius 1 is 1.22 bits per heavy atom. The Morgan fingerprint density at radius 2 is 1.83 bits per heavy atom. The highest BCUT2D eigenvalue weighted by Crippen LogP contribution is 2.25. The lowest BCUT2D eigenvalue weighted by Gasteiger charge is -2.23. The fourth-order valence-electron chi connectivity index (χ4n) is 2.24. The van der Waals surface area contributed by atoms with E-state index in [1.165, 1.54) is 7.11 Å². The number of imide groups is 1. The van der Waals surface area contributed by atoms with Gasteiger partial charge in [0.25, 0.3) is 5.91 Å². The molecule has 1 N–H and O–H groups in total. The lowest BCUT2D eigenvalue weighted by molar-refractivity contribution is -0.146.